The molecule has 1 unspecified atom stereocenters. The van der Waals surface area contributed by atoms with E-state index in [9.17, 15) is 0 Å². The Hall–Kier alpha value is -2.20. The fourth-order valence-corrected chi connectivity index (χ4v) is 1.94. The van der Waals surface area contributed by atoms with Gasteiger partial charge in [0, 0.05) is 0 Å². The highest BCUT2D eigenvalue weighted by Gasteiger charge is 2.16. The normalized spacial score (nSPS) is 14.2. The van der Waals surface area contributed by atoms with E-state index in [0.29, 0.717) is 6.61 Å². The molecule has 3 rings (SSSR count). The van der Waals surface area contributed by atoms with Gasteiger partial charge in [0.1, 0.15) is 12.4 Å². The van der Waals surface area contributed by atoms with Gasteiger partial charge in [0.05, 0.1) is 6.04 Å². The van der Waals surface area contributed by atoms with Crippen molar-refractivity contribution >= 4 is 0 Å². The van der Waals surface area contributed by atoms with Gasteiger partial charge in [-0.1, -0.05) is 24.3 Å². The minimum Gasteiger partial charge on any atom is -0.492 e. The molecule has 1 heterocycles. The third kappa shape index (κ3) is 2.63. The van der Waals surface area contributed by atoms with Crippen molar-refractivity contribution in [2.45, 2.75) is 6.04 Å². The summed E-state index contributed by atoms with van der Waals surface area (Å²) in [4.78, 5) is 0. The largest absolute Gasteiger partial charge is 0.492 e. The summed E-state index contributed by atoms with van der Waals surface area (Å²) in [7, 11) is 0. The first-order chi connectivity index (χ1) is 9.33. The van der Waals surface area contributed by atoms with E-state index >= 15 is 0 Å². The fraction of sp³-hybridized carbons (Fsp3) is 0.200. The Morgan fingerprint density at radius 1 is 1.05 bits per heavy atom. The highest BCUT2D eigenvalue weighted by Crippen LogP contribution is 2.33. The van der Waals surface area contributed by atoms with Gasteiger partial charge >= 0.3 is 0 Å². The number of benzene rings is 2. The zero-order chi connectivity index (χ0) is 13.1. The van der Waals surface area contributed by atoms with Crippen LogP contribution in [0.15, 0.2) is 48.5 Å². The van der Waals surface area contributed by atoms with Gasteiger partial charge in [-0.05, 0) is 29.8 Å². The maximum absolute atomic E-state index is 6.12. The van der Waals surface area contributed by atoms with Crippen molar-refractivity contribution in [1.29, 1.82) is 0 Å². The summed E-state index contributed by atoms with van der Waals surface area (Å²) in [5.41, 5.74) is 7.09. The van der Waals surface area contributed by atoms with Crippen LogP contribution in [-0.4, -0.2) is 13.4 Å². The molecule has 2 N–H and O–H groups in total. The minimum absolute atomic E-state index is 0.199. The van der Waals surface area contributed by atoms with Crippen LogP contribution in [0.25, 0.3) is 0 Å². The summed E-state index contributed by atoms with van der Waals surface area (Å²) < 4.78 is 16.2. The average Bonchev–Trinajstić information content (AvgIpc) is 2.93. The van der Waals surface area contributed by atoms with Crippen molar-refractivity contribution in [3.8, 4) is 17.2 Å². The van der Waals surface area contributed by atoms with Gasteiger partial charge in [0.15, 0.2) is 11.5 Å². The lowest BCUT2D eigenvalue weighted by atomic mass is 10.1. The quantitative estimate of drug-likeness (QED) is 0.914. The molecule has 1 aliphatic rings. The lowest BCUT2D eigenvalue weighted by molar-refractivity contribution is 0.174. The van der Waals surface area contributed by atoms with Crippen LogP contribution < -0.4 is 19.9 Å². The van der Waals surface area contributed by atoms with Crippen LogP contribution >= 0.6 is 0 Å². The van der Waals surface area contributed by atoms with Gasteiger partial charge in [0.2, 0.25) is 6.79 Å². The summed E-state index contributed by atoms with van der Waals surface area (Å²) in [6.07, 6.45) is 0. The first-order valence-corrected chi connectivity index (χ1v) is 6.16. The Labute approximate surface area is 111 Å². The first kappa shape index (κ1) is 11.9. The van der Waals surface area contributed by atoms with Crippen molar-refractivity contribution in [2.75, 3.05) is 13.4 Å². The lowest BCUT2D eigenvalue weighted by Gasteiger charge is -2.14. The van der Waals surface area contributed by atoms with Gasteiger partial charge in [-0.15, -0.1) is 0 Å². The molecule has 2 aromatic rings. The summed E-state index contributed by atoms with van der Waals surface area (Å²) in [5, 5.41) is 0. The molecule has 0 radical (unpaired) electrons. The number of hydrogen-bond acceptors (Lipinski definition) is 4. The zero-order valence-corrected chi connectivity index (χ0v) is 10.4. The van der Waals surface area contributed by atoms with E-state index in [1.807, 2.05) is 48.5 Å². The highest BCUT2D eigenvalue weighted by molar-refractivity contribution is 5.45. The first-order valence-electron chi connectivity index (χ1n) is 6.16. The minimum atomic E-state index is -0.199. The Bertz CT molecular complexity index is 557. The molecule has 2 aromatic carbocycles. The molecule has 0 fully saturated rings. The number of fused-ring (bicyclic) bond motifs is 1. The Kier molecular flexibility index (Phi) is 3.25. The standard InChI is InChI=1S/C15H15NO3/c16-13(9-17-12-4-2-1-3-5-12)11-6-7-14-15(8-11)19-10-18-14/h1-8,13H,9-10,16H2. The van der Waals surface area contributed by atoms with Crippen LogP contribution in [0.4, 0.5) is 0 Å². The third-order valence-electron chi connectivity index (χ3n) is 3.00. The smallest absolute Gasteiger partial charge is 0.231 e. The summed E-state index contributed by atoms with van der Waals surface area (Å²) in [6.45, 7) is 0.693. The van der Waals surface area contributed by atoms with E-state index in [-0.39, 0.29) is 12.8 Å². The van der Waals surface area contributed by atoms with Gasteiger partial charge in [-0.25, -0.2) is 0 Å². The van der Waals surface area contributed by atoms with E-state index in [1.54, 1.807) is 0 Å². The van der Waals surface area contributed by atoms with Crippen LogP contribution in [0, 0.1) is 0 Å². The molecular weight excluding hydrogens is 242 g/mol. The molecule has 19 heavy (non-hydrogen) atoms. The second-order valence-electron chi connectivity index (χ2n) is 4.34. The Morgan fingerprint density at radius 3 is 2.68 bits per heavy atom. The predicted octanol–water partition coefficient (Wildman–Crippen LogP) is 2.49. The molecule has 0 spiro atoms. The van der Waals surface area contributed by atoms with Crippen molar-refractivity contribution in [3.63, 3.8) is 0 Å². The molecule has 0 saturated heterocycles. The molecule has 1 aliphatic heterocycles. The monoisotopic (exact) mass is 257 g/mol. The third-order valence-corrected chi connectivity index (χ3v) is 3.00. The number of hydrogen-bond donors (Lipinski definition) is 1. The molecular formula is C15H15NO3. The fourth-order valence-electron chi connectivity index (χ4n) is 1.94. The SMILES string of the molecule is NC(COc1ccccc1)c1ccc2c(c1)OCO2. The van der Waals surface area contributed by atoms with Gasteiger partial charge in [-0.3, -0.25) is 0 Å². The average molecular weight is 257 g/mol. The Balaban J connectivity index is 1.65. The topological polar surface area (TPSA) is 53.7 Å². The zero-order valence-electron chi connectivity index (χ0n) is 10.4. The van der Waals surface area contributed by atoms with E-state index in [1.165, 1.54) is 0 Å². The highest BCUT2D eigenvalue weighted by atomic mass is 16.7. The maximum Gasteiger partial charge on any atom is 0.231 e. The summed E-state index contributed by atoms with van der Waals surface area (Å²) >= 11 is 0. The van der Waals surface area contributed by atoms with Crippen LogP contribution in [0.1, 0.15) is 11.6 Å². The molecule has 0 amide bonds. The van der Waals surface area contributed by atoms with Crippen LogP contribution in [0.5, 0.6) is 17.2 Å². The predicted molar refractivity (Wildman–Crippen MR) is 71.4 cm³/mol. The number of para-hydroxylation sites is 1. The number of rotatable bonds is 4. The number of ether oxygens (including phenoxy) is 3. The van der Waals surface area contributed by atoms with Gasteiger partial charge in [-0.2, -0.15) is 0 Å². The molecule has 0 aliphatic carbocycles. The molecule has 98 valence electrons. The molecule has 0 saturated carbocycles. The summed E-state index contributed by atoms with van der Waals surface area (Å²) in [6, 6.07) is 15.1. The number of nitrogens with two attached hydrogens (primary N) is 1. The summed E-state index contributed by atoms with van der Waals surface area (Å²) in [5.74, 6) is 2.33. The maximum atomic E-state index is 6.12. The van der Waals surface area contributed by atoms with E-state index in [2.05, 4.69) is 0 Å². The molecule has 0 bridgehead atoms. The van der Waals surface area contributed by atoms with Crippen molar-refractivity contribution in [1.82, 2.24) is 0 Å². The van der Waals surface area contributed by atoms with E-state index in [4.69, 9.17) is 19.9 Å². The molecule has 4 heteroatoms. The van der Waals surface area contributed by atoms with E-state index in [0.717, 1.165) is 22.8 Å². The van der Waals surface area contributed by atoms with Gasteiger partial charge in [0.25, 0.3) is 0 Å². The molecule has 4 nitrogen and oxygen atoms in total. The Morgan fingerprint density at radius 2 is 1.84 bits per heavy atom. The van der Waals surface area contributed by atoms with Crippen LogP contribution in [-0.2, 0) is 0 Å². The molecule has 0 aromatic heterocycles. The van der Waals surface area contributed by atoms with Gasteiger partial charge < -0.3 is 19.9 Å². The second kappa shape index (κ2) is 5.20. The lowest BCUT2D eigenvalue weighted by Crippen LogP contribution is -2.18. The molecule has 1 atom stereocenters. The van der Waals surface area contributed by atoms with Crippen molar-refractivity contribution in [2.24, 2.45) is 5.73 Å². The van der Waals surface area contributed by atoms with Crippen molar-refractivity contribution in [3.05, 3.63) is 54.1 Å². The second-order valence-corrected chi connectivity index (χ2v) is 4.34. The van der Waals surface area contributed by atoms with Crippen LogP contribution in [0.2, 0.25) is 0 Å². The van der Waals surface area contributed by atoms with Crippen LogP contribution in [0.3, 0.4) is 0 Å². The van der Waals surface area contributed by atoms with Crippen molar-refractivity contribution < 1.29 is 14.2 Å². The van der Waals surface area contributed by atoms with E-state index < -0.39 is 0 Å².